The van der Waals surface area contributed by atoms with Crippen molar-refractivity contribution in [1.82, 2.24) is 10.1 Å². The van der Waals surface area contributed by atoms with E-state index in [1.54, 1.807) is 25.1 Å². The third kappa shape index (κ3) is 3.55. The normalized spacial score (nSPS) is 11.8. The Morgan fingerprint density at radius 1 is 1.12 bits per heavy atom. The van der Waals surface area contributed by atoms with Gasteiger partial charge in [-0.05, 0) is 42.3 Å². The van der Waals surface area contributed by atoms with Crippen LogP contribution in [-0.2, 0) is 0 Å². The van der Waals surface area contributed by atoms with Crippen LogP contribution >= 0.6 is 0 Å². The molecule has 1 aromatic heterocycles. The summed E-state index contributed by atoms with van der Waals surface area (Å²) >= 11 is 0. The van der Waals surface area contributed by atoms with E-state index < -0.39 is 0 Å². The van der Waals surface area contributed by atoms with Gasteiger partial charge in [-0.1, -0.05) is 29.4 Å². The molecule has 1 amide bonds. The minimum Gasteiger partial charge on any atom is -0.497 e. The van der Waals surface area contributed by atoms with Gasteiger partial charge in [0.05, 0.1) is 13.2 Å². The zero-order chi connectivity index (χ0) is 17.8. The highest BCUT2D eigenvalue weighted by atomic mass is 16.5. The first-order valence-electron chi connectivity index (χ1n) is 8.02. The Hall–Kier alpha value is -3.08. The van der Waals surface area contributed by atoms with Gasteiger partial charge in [0, 0.05) is 18.7 Å². The monoisotopic (exact) mass is 336 g/mol. The molecule has 3 aromatic rings. The van der Waals surface area contributed by atoms with Gasteiger partial charge in [0.2, 0.25) is 0 Å². The molecule has 0 aliphatic rings. The molecule has 0 bridgehead atoms. The van der Waals surface area contributed by atoms with E-state index in [2.05, 4.69) is 5.16 Å². The number of carbonyl (C=O) groups excluding carboxylic acids is 1. The molecule has 0 radical (unpaired) electrons. The van der Waals surface area contributed by atoms with Gasteiger partial charge in [-0.15, -0.1) is 0 Å². The third-order valence-corrected chi connectivity index (χ3v) is 4.30. The van der Waals surface area contributed by atoms with E-state index in [0.717, 1.165) is 22.6 Å². The van der Waals surface area contributed by atoms with Gasteiger partial charge in [0.15, 0.2) is 0 Å². The topological polar surface area (TPSA) is 55.6 Å². The number of nitrogens with zero attached hydrogens (tertiary/aromatic N) is 2. The van der Waals surface area contributed by atoms with Crippen LogP contribution in [0.4, 0.5) is 0 Å². The maximum Gasteiger partial charge on any atom is 0.254 e. The highest BCUT2D eigenvalue weighted by Gasteiger charge is 2.21. The average molecular weight is 336 g/mol. The SMILES string of the molecule is COc1cccc(-c2cccc(C(=O)N(C)C(C)c3ccon3)c2)c1. The molecule has 3 rings (SSSR count). The van der Waals surface area contributed by atoms with E-state index in [1.807, 2.05) is 55.5 Å². The number of carbonyl (C=O) groups is 1. The average Bonchev–Trinajstić information content (AvgIpc) is 3.21. The van der Waals surface area contributed by atoms with E-state index in [0.29, 0.717) is 5.56 Å². The molecule has 0 saturated heterocycles. The van der Waals surface area contributed by atoms with Crippen LogP contribution in [0.2, 0.25) is 0 Å². The first-order chi connectivity index (χ1) is 12.1. The number of methoxy groups -OCH3 is 1. The first kappa shape index (κ1) is 16.8. The van der Waals surface area contributed by atoms with Crippen LogP contribution < -0.4 is 4.74 Å². The van der Waals surface area contributed by atoms with Crippen LogP contribution in [0.3, 0.4) is 0 Å². The van der Waals surface area contributed by atoms with Crippen LogP contribution in [0, 0.1) is 0 Å². The maximum absolute atomic E-state index is 12.8. The fourth-order valence-electron chi connectivity index (χ4n) is 2.65. The van der Waals surface area contributed by atoms with Gasteiger partial charge < -0.3 is 14.2 Å². The van der Waals surface area contributed by atoms with Gasteiger partial charge in [-0.25, -0.2) is 0 Å². The van der Waals surface area contributed by atoms with E-state index in [4.69, 9.17) is 9.26 Å². The molecule has 0 aliphatic heterocycles. The summed E-state index contributed by atoms with van der Waals surface area (Å²) < 4.78 is 10.1. The Bertz CT molecular complexity index is 859. The molecular weight excluding hydrogens is 316 g/mol. The summed E-state index contributed by atoms with van der Waals surface area (Å²) in [6, 6.07) is 16.9. The van der Waals surface area contributed by atoms with Crippen LogP contribution in [0.25, 0.3) is 11.1 Å². The number of hydrogen-bond acceptors (Lipinski definition) is 4. The molecule has 0 fully saturated rings. The van der Waals surface area contributed by atoms with Gasteiger partial charge >= 0.3 is 0 Å². The molecule has 1 heterocycles. The Balaban J connectivity index is 1.86. The highest BCUT2D eigenvalue weighted by Crippen LogP contribution is 2.26. The quantitative estimate of drug-likeness (QED) is 0.701. The molecule has 5 heteroatoms. The molecule has 5 nitrogen and oxygen atoms in total. The highest BCUT2D eigenvalue weighted by molar-refractivity contribution is 5.95. The molecule has 1 atom stereocenters. The Labute approximate surface area is 146 Å². The lowest BCUT2D eigenvalue weighted by atomic mass is 10.0. The molecule has 25 heavy (non-hydrogen) atoms. The third-order valence-electron chi connectivity index (χ3n) is 4.30. The molecule has 0 aliphatic carbocycles. The van der Waals surface area contributed by atoms with E-state index in [1.165, 1.54) is 6.26 Å². The van der Waals surface area contributed by atoms with Gasteiger partial charge in [-0.2, -0.15) is 0 Å². The molecule has 0 N–H and O–H groups in total. The molecule has 0 saturated carbocycles. The summed E-state index contributed by atoms with van der Waals surface area (Å²) in [6.45, 7) is 1.92. The molecule has 128 valence electrons. The number of benzene rings is 2. The lowest BCUT2D eigenvalue weighted by Gasteiger charge is -2.23. The molecule has 2 aromatic carbocycles. The van der Waals surface area contributed by atoms with Gasteiger partial charge in [-0.3, -0.25) is 4.79 Å². The molecule has 0 spiro atoms. The lowest BCUT2D eigenvalue weighted by Crippen LogP contribution is -2.29. The van der Waals surface area contributed by atoms with Crippen LogP contribution in [0.5, 0.6) is 5.75 Å². The largest absolute Gasteiger partial charge is 0.497 e. The van der Waals surface area contributed by atoms with E-state index in [-0.39, 0.29) is 11.9 Å². The fraction of sp³-hybridized carbons (Fsp3) is 0.200. The second kappa shape index (κ2) is 7.21. The van der Waals surface area contributed by atoms with Crippen LogP contribution in [-0.4, -0.2) is 30.1 Å². The fourth-order valence-corrected chi connectivity index (χ4v) is 2.65. The van der Waals surface area contributed by atoms with Crippen molar-refractivity contribution in [3.8, 4) is 16.9 Å². The second-order valence-corrected chi connectivity index (χ2v) is 5.83. The minimum absolute atomic E-state index is 0.0692. The van der Waals surface area contributed by atoms with Gasteiger partial charge in [0.1, 0.15) is 17.7 Å². The Morgan fingerprint density at radius 3 is 2.52 bits per heavy atom. The van der Waals surface area contributed by atoms with E-state index >= 15 is 0 Å². The summed E-state index contributed by atoms with van der Waals surface area (Å²) in [5, 5.41) is 3.91. The zero-order valence-electron chi connectivity index (χ0n) is 14.5. The van der Waals surface area contributed by atoms with Crippen molar-refractivity contribution >= 4 is 5.91 Å². The number of amides is 1. The number of hydrogen-bond donors (Lipinski definition) is 0. The van der Waals surface area contributed by atoms with E-state index in [9.17, 15) is 4.79 Å². The molecule has 1 unspecified atom stereocenters. The summed E-state index contributed by atoms with van der Waals surface area (Å²) in [5.74, 6) is 0.714. The van der Waals surface area contributed by atoms with Crippen molar-refractivity contribution in [1.29, 1.82) is 0 Å². The summed E-state index contributed by atoms with van der Waals surface area (Å²) in [7, 11) is 3.40. The minimum atomic E-state index is -0.174. The Kier molecular flexibility index (Phi) is 4.84. The lowest BCUT2D eigenvalue weighted by molar-refractivity contribution is 0.0737. The standard InChI is InChI=1S/C20H20N2O3/c1-14(19-10-11-25-21-19)22(2)20(23)17-8-4-6-15(12-17)16-7-5-9-18(13-16)24-3/h4-14H,1-3H3. The van der Waals surface area contributed by atoms with Crippen LogP contribution in [0.15, 0.2) is 65.4 Å². The predicted octanol–water partition coefficient (Wildman–Crippen LogP) is 4.18. The zero-order valence-corrected chi connectivity index (χ0v) is 14.5. The van der Waals surface area contributed by atoms with Crippen molar-refractivity contribution in [2.75, 3.05) is 14.2 Å². The number of ether oxygens (including phenoxy) is 1. The predicted molar refractivity (Wildman–Crippen MR) is 95.4 cm³/mol. The first-order valence-corrected chi connectivity index (χ1v) is 8.02. The maximum atomic E-state index is 12.8. The number of rotatable bonds is 5. The summed E-state index contributed by atoms with van der Waals surface area (Å²) in [5.41, 5.74) is 3.31. The van der Waals surface area contributed by atoms with Crippen molar-refractivity contribution in [2.24, 2.45) is 0 Å². The smallest absolute Gasteiger partial charge is 0.254 e. The number of aromatic nitrogens is 1. The second-order valence-electron chi connectivity index (χ2n) is 5.83. The summed E-state index contributed by atoms with van der Waals surface area (Å²) in [6.07, 6.45) is 1.51. The van der Waals surface area contributed by atoms with Gasteiger partial charge in [0.25, 0.3) is 5.91 Å². The van der Waals surface area contributed by atoms with Crippen molar-refractivity contribution < 1.29 is 14.1 Å². The van der Waals surface area contributed by atoms with Crippen molar-refractivity contribution in [3.63, 3.8) is 0 Å². The van der Waals surface area contributed by atoms with Crippen molar-refractivity contribution in [3.05, 3.63) is 72.1 Å². The van der Waals surface area contributed by atoms with Crippen LogP contribution in [0.1, 0.15) is 29.0 Å². The molecular formula is C20H20N2O3. The Morgan fingerprint density at radius 2 is 1.84 bits per heavy atom. The summed E-state index contributed by atoms with van der Waals surface area (Å²) in [4.78, 5) is 14.5. The van der Waals surface area contributed by atoms with Crippen molar-refractivity contribution in [2.45, 2.75) is 13.0 Å².